The molecule has 1 unspecified atom stereocenters. The van der Waals surface area contributed by atoms with Gasteiger partial charge in [-0.2, -0.15) is 0 Å². The van der Waals surface area contributed by atoms with E-state index in [-0.39, 0.29) is 17.7 Å². The van der Waals surface area contributed by atoms with Gasteiger partial charge in [0.25, 0.3) is 0 Å². The van der Waals surface area contributed by atoms with Crippen LogP contribution in [0.2, 0.25) is 0 Å². The van der Waals surface area contributed by atoms with Crippen LogP contribution < -0.4 is 5.76 Å². The van der Waals surface area contributed by atoms with Crippen molar-refractivity contribution in [3.63, 3.8) is 0 Å². The molecule has 8 nitrogen and oxygen atoms in total. The van der Waals surface area contributed by atoms with Crippen molar-refractivity contribution in [1.29, 1.82) is 0 Å². The minimum Gasteiger partial charge on any atom is -0.477 e. The summed E-state index contributed by atoms with van der Waals surface area (Å²) in [7, 11) is 0. The van der Waals surface area contributed by atoms with Crippen LogP contribution in [-0.4, -0.2) is 38.5 Å². The van der Waals surface area contributed by atoms with Gasteiger partial charge in [0.1, 0.15) is 11.2 Å². The quantitative estimate of drug-likeness (QED) is 0.700. The van der Waals surface area contributed by atoms with Crippen LogP contribution in [0, 0.1) is 5.92 Å². The van der Waals surface area contributed by atoms with Crippen molar-refractivity contribution in [3.05, 3.63) is 51.9 Å². The lowest BCUT2D eigenvalue weighted by molar-refractivity contribution is 0.0186. The van der Waals surface area contributed by atoms with E-state index in [9.17, 15) is 14.7 Å². The smallest absolute Gasteiger partial charge is 0.438 e. The number of rotatable bonds is 4. The van der Waals surface area contributed by atoms with E-state index in [0.29, 0.717) is 18.2 Å². The molecule has 152 valence electrons. The van der Waals surface area contributed by atoms with E-state index in [4.69, 9.17) is 9.26 Å². The molecular weight excluding hydrogens is 374 g/mol. The number of nitrogens with zero attached hydrogens (tertiary/aromatic N) is 2. The van der Waals surface area contributed by atoms with Gasteiger partial charge in [0.2, 0.25) is 0 Å². The summed E-state index contributed by atoms with van der Waals surface area (Å²) in [6.07, 6.45) is 2.82. The third-order valence-electron chi connectivity index (χ3n) is 6.52. The van der Waals surface area contributed by atoms with Crippen molar-refractivity contribution in [2.24, 2.45) is 5.92 Å². The number of carboxylic acids is 1. The molecule has 2 N–H and O–H groups in total. The number of fused-ring (bicyclic) bond motifs is 1. The van der Waals surface area contributed by atoms with Crippen molar-refractivity contribution >= 4 is 16.9 Å². The number of hydrogen-bond donors (Lipinski definition) is 2. The molecule has 0 spiro atoms. The van der Waals surface area contributed by atoms with Gasteiger partial charge in [-0.15, -0.1) is 0 Å². The van der Waals surface area contributed by atoms with Gasteiger partial charge in [0, 0.05) is 17.5 Å². The molecule has 3 heterocycles. The number of ether oxygens (including phenoxy) is 1. The molecule has 0 bridgehead atoms. The highest BCUT2D eigenvalue weighted by atomic mass is 16.5. The Morgan fingerprint density at radius 1 is 1.34 bits per heavy atom. The molecule has 8 heteroatoms. The number of aromatic carboxylic acids is 1. The highest BCUT2D eigenvalue weighted by Crippen LogP contribution is 2.55. The molecule has 1 aliphatic carbocycles. The molecule has 0 amide bonds. The summed E-state index contributed by atoms with van der Waals surface area (Å²) >= 11 is 0. The van der Waals surface area contributed by atoms with Crippen LogP contribution in [0.25, 0.3) is 10.9 Å². The minimum absolute atomic E-state index is 0.118. The normalized spacial score (nSPS) is 29.2. The highest BCUT2D eigenvalue weighted by molar-refractivity contribution is 5.95. The number of aromatic amines is 1. The maximum atomic E-state index is 12.1. The lowest BCUT2D eigenvalue weighted by atomic mass is 9.88. The summed E-state index contributed by atoms with van der Waals surface area (Å²) in [5.74, 6) is -0.750. The fourth-order valence-electron chi connectivity index (χ4n) is 4.95. The Kier molecular flexibility index (Phi) is 3.96. The molecule has 29 heavy (non-hydrogen) atoms. The Labute approximate surface area is 166 Å². The van der Waals surface area contributed by atoms with Gasteiger partial charge < -0.3 is 14.4 Å². The number of hydrogen-bond acceptors (Lipinski definition) is 5. The van der Waals surface area contributed by atoms with Crippen LogP contribution in [0.5, 0.6) is 0 Å². The van der Waals surface area contributed by atoms with Gasteiger partial charge in [-0.25, -0.2) is 9.59 Å². The summed E-state index contributed by atoms with van der Waals surface area (Å²) in [6, 6.07) is 7.88. The molecular formula is C21H23N3O5. The average Bonchev–Trinajstić information content (AvgIpc) is 3.04. The first-order valence-corrected chi connectivity index (χ1v) is 9.97. The van der Waals surface area contributed by atoms with Crippen molar-refractivity contribution < 1.29 is 19.2 Å². The first-order chi connectivity index (χ1) is 13.9. The predicted molar refractivity (Wildman–Crippen MR) is 104 cm³/mol. The van der Waals surface area contributed by atoms with Crippen LogP contribution in [0.3, 0.4) is 0 Å². The van der Waals surface area contributed by atoms with E-state index in [1.54, 1.807) is 10.6 Å². The summed E-state index contributed by atoms with van der Waals surface area (Å²) in [6.45, 7) is 4.84. The summed E-state index contributed by atoms with van der Waals surface area (Å²) in [4.78, 5) is 26.3. The third-order valence-corrected chi connectivity index (χ3v) is 6.52. The Hall–Kier alpha value is -2.87. The van der Waals surface area contributed by atoms with E-state index in [1.807, 2.05) is 13.0 Å². The highest BCUT2D eigenvalue weighted by Gasteiger charge is 2.59. The van der Waals surface area contributed by atoms with E-state index < -0.39 is 17.3 Å². The molecule has 1 saturated heterocycles. The van der Waals surface area contributed by atoms with E-state index >= 15 is 0 Å². The van der Waals surface area contributed by atoms with Crippen molar-refractivity contribution in [2.75, 3.05) is 6.61 Å². The van der Waals surface area contributed by atoms with Crippen LogP contribution >= 0.6 is 0 Å². The lowest BCUT2D eigenvalue weighted by Gasteiger charge is -2.27. The van der Waals surface area contributed by atoms with Crippen LogP contribution in [0.1, 0.15) is 60.9 Å². The molecule has 0 radical (unpaired) electrons. The van der Waals surface area contributed by atoms with Gasteiger partial charge >= 0.3 is 11.7 Å². The maximum Gasteiger partial charge on any atom is 0.438 e. The molecule has 1 aromatic carbocycles. The van der Waals surface area contributed by atoms with E-state index in [1.165, 1.54) is 5.56 Å². The van der Waals surface area contributed by atoms with Crippen molar-refractivity contribution in [3.8, 4) is 0 Å². The van der Waals surface area contributed by atoms with Gasteiger partial charge in [-0.1, -0.05) is 18.1 Å². The Morgan fingerprint density at radius 3 is 2.76 bits per heavy atom. The monoisotopic (exact) mass is 397 g/mol. The fourth-order valence-corrected chi connectivity index (χ4v) is 4.95. The Bertz CT molecular complexity index is 1160. The summed E-state index contributed by atoms with van der Waals surface area (Å²) < 4.78 is 12.2. The number of benzene rings is 1. The molecule has 5 rings (SSSR count). The lowest BCUT2D eigenvalue weighted by Crippen LogP contribution is -2.26. The van der Waals surface area contributed by atoms with Crippen LogP contribution in [-0.2, 0) is 10.3 Å². The average molecular weight is 397 g/mol. The number of nitrogens with one attached hydrogen (secondary N) is 1. The number of carboxylic acid groups (broad SMARTS) is 1. The molecule has 4 atom stereocenters. The number of H-pyrrole nitrogens is 1. The topological polar surface area (TPSA) is 110 Å². The molecule has 2 aromatic heterocycles. The zero-order valence-electron chi connectivity index (χ0n) is 16.3. The first kappa shape index (κ1) is 18.2. The van der Waals surface area contributed by atoms with Gasteiger partial charge in [-0.3, -0.25) is 9.51 Å². The van der Waals surface area contributed by atoms with Crippen LogP contribution in [0.4, 0.5) is 0 Å². The third kappa shape index (κ3) is 2.73. The molecule has 2 aliphatic rings. The minimum atomic E-state index is -1.01. The fraction of sp³-hybridized carbons (Fsp3) is 0.476. The number of carbonyl (C=O) groups is 1. The largest absolute Gasteiger partial charge is 0.477 e. The molecule has 2 fully saturated rings. The Morgan fingerprint density at radius 2 is 2.14 bits per heavy atom. The van der Waals surface area contributed by atoms with E-state index in [0.717, 1.165) is 30.4 Å². The second kappa shape index (κ2) is 6.32. The van der Waals surface area contributed by atoms with Crippen molar-refractivity contribution in [2.45, 2.75) is 50.7 Å². The summed E-state index contributed by atoms with van der Waals surface area (Å²) in [5, 5.41) is 14.7. The van der Waals surface area contributed by atoms with Gasteiger partial charge in [-0.05, 0) is 61.8 Å². The first-order valence-electron chi connectivity index (χ1n) is 9.97. The van der Waals surface area contributed by atoms with Crippen LogP contribution in [0.15, 0.2) is 33.6 Å². The van der Waals surface area contributed by atoms with E-state index in [2.05, 4.69) is 29.2 Å². The zero-order valence-corrected chi connectivity index (χ0v) is 16.3. The second-order valence-electron chi connectivity index (χ2n) is 8.36. The zero-order chi connectivity index (χ0) is 20.3. The molecule has 1 saturated carbocycles. The second-order valence-corrected chi connectivity index (χ2v) is 8.36. The Balaban J connectivity index is 1.66. The van der Waals surface area contributed by atoms with Gasteiger partial charge in [0.05, 0.1) is 6.10 Å². The maximum absolute atomic E-state index is 12.1. The van der Waals surface area contributed by atoms with Crippen molar-refractivity contribution in [1.82, 2.24) is 14.7 Å². The molecule has 1 aliphatic heterocycles. The number of aromatic nitrogens is 3. The SMILES string of the molecule is CC1C[C@]1(c1noc(=O)[nH]1)n1c(C(=O)O)cc2cc([C@H]3CCO[C@@H](C)C3)ccc21. The summed E-state index contributed by atoms with van der Waals surface area (Å²) in [5.41, 5.74) is 1.50. The molecule has 3 aromatic rings. The van der Waals surface area contributed by atoms with Gasteiger partial charge in [0.15, 0.2) is 5.82 Å². The predicted octanol–water partition coefficient (Wildman–Crippen LogP) is 3.08. The standard InChI is InChI=1S/C21H23N3O5/c1-11-10-21(11,19-22-20(27)29-23-19)24-16-4-3-13(14-5-6-28-12(2)7-14)8-15(16)9-17(24)18(25)26/h3-4,8-9,11-12,14H,5-7,10H2,1-2H3,(H,25,26)(H,22,23,27)/t11?,12-,14-,21-/m0/s1.